The summed E-state index contributed by atoms with van der Waals surface area (Å²) in [7, 11) is -0.971. The van der Waals surface area contributed by atoms with E-state index >= 15 is 0 Å². The molecular weight excluding hydrogens is 318 g/mol. The van der Waals surface area contributed by atoms with E-state index in [0.717, 1.165) is 16.8 Å². The number of amides is 1. The zero-order chi connectivity index (χ0) is 16.8. The van der Waals surface area contributed by atoms with Crippen molar-refractivity contribution in [3.05, 3.63) is 77.9 Å². The van der Waals surface area contributed by atoms with Crippen LogP contribution < -0.4 is 5.32 Å². The van der Waals surface area contributed by atoms with E-state index in [1.54, 1.807) is 6.08 Å². The molecule has 3 nitrogen and oxygen atoms in total. The van der Waals surface area contributed by atoms with Crippen LogP contribution in [0.3, 0.4) is 0 Å². The van der Waals surface area contributed by atoms with Gasteiger partial charge in [0, 0.05) is 28.0 Å². The summed E-state index contributed by atoms with van der Waals surface area (Å²) < 4.78 is 12.3. The van der Waals surface area contributed by atoms with Crippen molar-refractivity contribution >= 4 is 22.4 Å². The molecule has 1 aliphatic rings. The second-order valence-electron chi connectivity index (χ2n) is 6.10. The van der Waals surface area contributed by atoms with Gasteiger partial charge in [-0.05, 0) is 48.1 Å². The Bertz CT molecular complexity index is 751. The summed E-state index contributed by atoms with van der Waals surface area (Å²) in [5.74, 6) is 1.50. The Labute approximate surface area is 145 Å². The van der Waals surface area contributed by atoms with E-state index in [-0.39, 0.29) is 5.91 Å². The van der Waals surface area contributed by atoms with Gasteiger partial charge in [0.05, 0.1) is 0 Å². The van der Waals surface area contributed by atoms with Gasteiger partial charge in [0.15, 0.2) is 0 Å². The number of rotatable bonds is 7. The summed E-state index contributed by atoms with van der Waals surface area (Å²) in [6.07, 6.45) is 5.95. The minimum absolute atomic E-state index is 0.107. The first-order valence-electron chi connectivity index (χ1n) is 8.16. The number of anilines is 1. The van der Waals surface area contributed by atoms with Crippen molar-refractivity contribution in [1.29, 1.82) is 0 Å². The van der Waals surface area contributed by atoms with Crippen LogP contribution in [-0.4, -0.2) is 10.1 Å². The third-order valence-electron chi connectivity index (χ3n) is 3.83. The lowest BCUT2D eigenvalue weighted by atomic mass is 10.2. The van der Waals surface area contributed by atoms with Gasteiger partial charge < -0.3 is 5.32 Å². The summed E-state index contributed by atoms with van der Waals surface area (Å²) in [5.41, 5.74) is 2.79. The molecule has 4 heteroatoms. The molecule has 2 aromatic rings. The molecule has 24 heavy (non-hydrogen) atoms. The normalized spacial score (nSPS) is 15.3. The standard InChI is InChI=1S/C20H21NO2S/c22-20(12-11-16-9-10-16)21-19-8-4-7-18(13-19)15-24(23)14-17-5-2-1-3-6-17/h1-8,11-13,16H,9-10,14-15H2,(H,21,22)/b12-11-/t24-/m1/s1. The number of nitrogens with one attached hydrogen (secondary N) is 1. The first kappa shape index (κ1) is 16.7. The molecule has 0 spiro atoms. The van der Waals surface area contributed by atoms with E-state index in [4.69, 9.17) is 0 Å². The largest absolute Gasteiger partial charge is 0.323 e. The molecule has 1 fully saturated rings. The molecule has 1 amide bonds. The average molecular weight is 339 g/mol. The highest BCUT2D eigenvalue weighted by Gasteiger charge is 2.17. The van der Waals surface area contributed by atoms with Gasteiger partial charge in [0.2, 0.25) is 5.91 Å². The predicted molar refractivity (Wildman–Crippen MR) is 98.9 cm³/mol. The van der Waals surface area contributed by atoms with Crippen LogP contribution in [0.5, 0.6) is 0 Å². The molecule has 0 aromatic heterocycles. The van der Waals surface area contributed by atoms with Gasteiger partial charge in [-0.2, -0.15) is 0 Å². The zero-order valence-electron chi connectivity index (χ0n) is 13.5. The number of benzene rings is 2. The lowest BCUT2D eigenvalue weighted by Crippen LogP contribution is -2.08. The third kappa shape index (κ3) is 5.46. The quantitative estimate of drug-likeness (QED) is 0.774. The van der Waals surface area contributed by atoms with Crippen LogP contribution in [0.1, 0.15) is 24.0 Å². The van der Waals surface area contributed by atoms with Crippen molar-refractivity contribution in [3.63, 3.8) is 0 Å². The molecular formula is C20H21NO2S. The van der Waals surface area contributed by atoms with Crippen LogP contribution in [0.15, 0.2) is 66.7 Å². The van der Waals surface area contributed by atoms with Crippen molar-refractivity contribution in [1.82, 2.24) is 0 Å². The maximum absolute atomic E-state index is 12.3. The maximum atomic E-state index is 12.3. The highest BCUT2D eigenvalue weighted by molar-refractivity contribution is 7.83. The number of carbonyl (C=O) groups is 1. The fraction of sp³-hybridized carbons (Fsp3) is 0.250. The molecule has 124 valence electrons. The van der Waals surface area contributed by atoms with Crippen LogP contribution in [-0.2, 0) is 27.1 Å². The predicted octanol–water partition coefficient (Wildman–Crippen LogP) is 4.04. The minimum atomic E-state index is -0.971. The first-order chi connectivity index (χ1) is 11.7. The second-order valence-corrected chi connectivity index (χ2v) is 7.56. The van der Waals surface area contributed by atoms with E-state index in [1.165, 1.54) is 12.8 Å². The monoisotopic (exact) mass is 339 g/mol. The van der Waals surface area contributed by atoms with Crippen LogP contribution in [0.2, 0.25) is 0 Å². The molecule has 1 aliphatic carbocycles. The Morgan fingerprint density at radius 2 is 1.75 bits per heavy atom. The molecule has 0 saturated heterocycles. The number of hydrogen-bond donors (Lipinski definition) is 1. The molecule has 2 aromatic carbocycles. The van der Waals surface area contributed by atoms with Gasteiger partial charge in [-0.25, -0.2) is 0 Å². The summed E-state index contributed by atoms with van der Waals surface area (Å²) in [6, 6.07) is 17.4. The summed E-state index contributed by atoms with van der Waals surface area (Å²) in [4.78, 5) is 11.9. The van der Waals surface area contributed by atoms with E-state index in [9.17, 15) is 9.00 Å². The lowest BCUT2D eigenvalue weighted by molar-refractivity contribution is -0.111. The zero-order valence-corrected chi connectivity index (χ0v) is 14.3. The van der Waals surface area contributed by atoms with Gasteiger partial charge in [-0.15, -0.1) is 0 Å². The third-order valence-corrected chi connectivity index (χ3v) is 5.15. The van der Waals surface area contributed by atoms with E-state index in [0.29, 0.717) is 17.4 Å². The maximum Gasteiger partial charge on any atom is 0.248 e. The fourth-order valence-corrected chi connectivity index (χ4v) is 3.65. The van der Waals surface area contributed by atoms with Gasteiger partial charge in [0.1, 0.15) is 0 Å². The number of carbonyl (C=O) groups excluding carboxylic acids is 1. The number of hydrogen-bond acceptors (Lipinski definition) is 2. The van der Waals surface area contributed by atoms with E-state index < -0.39 is 10.8 Å². The lowest BCUT2D eigenvalue weighted by Gasteiger charge is -2.06. The molecule has 0 aliphatic heterocycles. The van der Waals surface area contributed by atoms with Gasteiger partial charge in [-0.1, -0.05) is 48.5 Å². The fourth-order valence-electron chi connectivity index (χ4n) is 2.43. The molecule has 0 bridgehead atoms. The van der Waals surface area contributed by atoms with Gasteiger partial charge >= 0.3 is 0 Å². The second kappa shape index (κ2) is 8.06. The molecule has 1 N–H and O–H groups in total. The highest BCUT2D eigenvalue weighted by Crippen LogP contribution is 2.29. The topological polar surface area (TPSA) is 46.2 Å². The Kier molecular flexibility index (Phi) is 5.59. The first-order valence-corrected chi connectivity index (χ1v) is 9.65. The highest BCUT2D eigenvalue weighted by atomic mass is 32.2. The molecule has 1 saturated carbocycles. The van der Waals surface area contributed by atoms with Gasteiger partial charge in [-0.3, -0.25) is 9.00 Å². The SMILES string of the molecule is O=C(/C=C\C1CC1)Nc1cccc(C[S@](=O)Cc2ccccc2)c1. The summed E-state index contributed by atoms with van der Waals surface area (Å²) in [6.45, 7) is 0. The Balaban J connectivity index is 1.56. The van der Waals surface area contributed by atoms with Crippen molar-refractivity contribution < 1.29 is 9.00 Å². The van der Waals surface area contributed by atoms with Gasteiger partial charge in [0.25, 0.3) is 0 Å². The van der Waals surface area contributed by atoms with Crippen molar-refractivity contribution in [2.75, 3.05) is 5.32 Å². The Morgan fingerprint density at radius 1 is 1.04 bits per heavy atom. The van der Waals surface area contributed by atoms with E-state index in [2.05, 4.69) is 5.32 Å². The molecule has 0 unspecified atom stereocenters. The van der Waals surface area contributed by atoms with Crippen LogP contribution in [0, 0.1) is 5.92 Å². The average Bonchev–Trinajstić information content (AvgIpc) is 3.38. The van der Waals surface area contributed by atoms with E-state index in [1.807, 2.05) is 60.7 Å². The van der Waals surface area contributed by atoms with Crippen molar-refractivity contribution in [3.8, 4) is 0 Å². The van der Waals surface area contributed by atoms with Crippen molar-refractivity contribution in [2.24, 2.45) is 5.92 Å². The molecule has 1 atom stereocenters. The smallest absolute Gasteiger partial charge is 0.248 e. The van der Waals surface area contributed by atoms with Crippen molar-refractivity contribution in [2.45, 2.75) is 24.3 Å². The molecule has 0 heterocycles. The molecule has 0 radical (unpaired) electrons. The summed E-state index contributed by atoms with van der Waals surface area (Å²) in [5, 5.41) is 2.86. The van der Waals surface area contributed by atoms with Crippen LogP contribution in [0.25, 0.3) is 0 Å². The van der Waals surface area contributed by atoms with Crippen LogP contribution in [0.4, 0.5) is 5.69 Å². The number of allylic oxidation sites excluding steroid dienone is 1. The molecule has 3 rings (SSSR count). The van der Waals surface area contributed by atoms with Crippen LogP contribution >= 0.6 is 0 Å². The Morgan fingerprint density at radius 3 is 2.50 bits per heavy atom. The minimum Gasteiger partial charge on any atom is -0.323 e. The summed E-state index contributed by atoms with van der Waals surface area (Å²) >= 11 is 0. The Hall–Kier alpha value is -2.20.